The van der Waals surface area contributed by atoms with Crippen LogP contribution in [0.4, 0.5) is 11.4 Å². The average molecular weight is 666 g/mol. The molecule has 10 rings (SSSR count). The number of nitrogens with zero attached hydrogens (tertiary/aromatic N) is 3. The van der Waals surface area contributed by atoms with E-state index in [9.17, 15) is 0 Å². The molecule has 0 radical (unpaired) electrons. The normalized spacial score (nSPS) is 11.6. The smallest absolute Gasteiger partial charge is 0.0541 e. The summed E-state index contributed by atoms with van der Waals surface area (Å²) in [6.45, 7) is 0. The van der Waals surface area contributed by atoms with Crippen molar-refractivity contribution in [2.75, 3.05) is 11.9 Å². The lowest BCUT2D eigenvalue weighted by Crippen LogP contribution is -2.10. The Balaban J connectivity index is 1.18. The van der Waals surface area contributed by atoms with E-state index in [1.807, 2.05) is 0 Å². The number of para-hydroxylation sites is 5. The maximum absolute atomic E-state index is 2.38. The van der Waals surface area contributed by atoms with Gasteiger partial charge in [0.1, 0.15) is 0 Å². The van der Waals surface area contributed by atoms with E-state index in [4.69, 9.17) is 0 Å². The van der Waals surface area contributed by atoms with Crippen molar-refractivity contribution < 1.29 is 0 Å². The van der Waals surface area contributed by atoms with Gasteiger partial charge in [-0.05, 0) is 102 Å². The van der Waals surface area contributed by atoms with E-state index in [0.29, 0.717) is 0 Å². The number of aromatic nitrogens is 2. The zero-order valence-corrected chi connectivity index (χ0v) is 28.8. The summed E-state index contributed by atoms with van der Waals surface area (Å²) < 4.78 is 4.75. The molecule has 0 fully saturated rings. The van der Waals surface area contributed by atoms with Gasteiger partial charge in [0, 0.05) is 56.9 Å². The van der Waals surface area contributed by atoms with Crippen molar-refractivity contribution >= 4 is 55.0 Å². The third kappa shape index (κ3) is 4.82. The predicted molar refractivity (Wildman–Crippen MR) is 220 cm³/mol. The van der Waals surface area contributed by atoms with E-state index in [1.54, 1.807) is 0 Å². The Kier molecular flexibility index (Phi) is 7.04. The predicted octanol–water partition coefficient (Wildman–Crippen LogP) is 13.0. The molecule has 246 valence electrons. The van der Waals surface area contributed by atoms with Crippen LogP contribution in [0.15, 0.2) is 194 Å². The molecule has 3 heteroatoms. The first-order chi connectivity index (χ1) is 25.7. The Morgan fingerprint density at radius 3 is 1.35 bits per heavy atom. The van der Waals surface area contributed by atoms with Gasteiger partial charge in [0.15, 0.2) is 0 Å². The van der Waals surface area contributed by atoms with Crippen LogP contribution >= 0.6 is 0 Å². The molecule has 3 nitrogen and oxygen atoms in total. The van der Waals surface area contributed by atoms with E-state index in [-0.39, 0.29) is 0 Å². The lowest BCUT2D eigenvalue weighted by atomic mass is 9.95. The Morgan fingerprint density at radius 2 is 0.769 bits per heavy atom. The molecule has 0 saturated carbocycles. The summed E-state index contributed by atoms with van der Waals surface area (Å²) in [5.74, 6) is 0. The first-order valence-electron chi connectivity index (χ1n) is 17.8. The van der Waals surface area contributed by atoms with Gasteiger partial charge in [-0.15, -0.1) is 0 Å². The molecule has 0 aliphatic rings. The molecule has 0 aliphatic carbocycles. The fourth-order valence-corrected chi connectivity index (χ4v) is 8.03. The molecule has 0 saturated heterocycles. The van der Waals surface area contributed by atoms with E-state index in [1.165, 1.54) is 71.6 Å². The maximum atomic E-state index is 2.38. The highest BCUT2D eigenvalue weighted by Gasteiger charge is 2.18. The van der Waals surface area contributed by atoms with Gasteiger partial charge in [0.2, 0.25) is 0 Å². The summed E-state index contributed by atoms with van der Waals surface area (Å²) in [7, 11) is 2.16. The van der Waals surface area contributed by atoms with E-state index >= 15 is 0 Å². The first kappa shape index (κ1) is 30.0. The van der Waals surface area contributed by atoms with Gasteiger partial charge in [-0.25, -0.2) is 0 Å². The molecular weight excluding hydrogens is 631 g/mol. The minimum atomic E-state index is 1.15. The van der Waals surface area contributed by atoms with Crippen molar-refractivity contribution in [3.05, 3.63) is 194 Å². The van der Waals surface area contributed by atoms with Crippen LogP contribution in [0.3, 0.4) is 0 Å². The zero-order chi connectivity index (χ0) is 34.6. The van der Waals surface area contributed by atoms with Gasteiger partial charge in [0.05, 0.1) is 22.1 Å². The fraction of sp³-hybridized carbons (Fsp3) is 0.0204. The van der Waals surface area contributed by atoms with Crippen LogP contribution in [-0.2, 0) is 0 Å². The molecule has 0 atom stereocenters. The van der Waals surface area contributed by atoms with Crippen LogP contribution in [0.25, 0.3) is 77.2 Å². The van der Waals surface area contributed by atoms with Crippen molar-refractivity contribution in [1.29, 1.82) is 0 Å². The summed E-state index contributed by atoms with van der Waals surface area (Å²) in [5, 5.41) is 4.99. The van der Waals surface area contributed by atoms with Gasteiger partial charge in [0.25, 0.3) is 0 Å². The van der Waals surface area contributed by atoms with Crippen molar-refractivity contribution in [2.24, 2.45) is 0 Å². The van der Waals surface area contributed by atoms with Gasteiger partial charge < -0.3 is 14.0 Å². The number of hydrogen-bond donors (Lipinski definition) is 0. The number of benzene rings is 8. The lowest BCUT2D eigenvalue weighted by Gasteiger charge is -2.24. The third-order valence-electron chi connectivity index (χ3n) is 10.5. The quantitative estimate of drug-likeness (QED) is 0.172. The summed E-state index contributed by atoms with van der Waals surface area (Å²) in [4.78, 5) is 2.30. The van der Waals surface area contributed by atoms with E-state index in [2.05, 4.69) is 215 Å². The van der Waals surface area contributed by atoms with Gasteiger partial charge in [-0.1, -0.05) is 109 Å². The Hall–Kier alpha value is -6.84. The first-order valence-corrected chi connectivity index (χ1v) is 17.8. The largest absolute Gasteiger partial charge is 0.344 e. The van der Waals surface area contributed by atoms with Gasteiger partial charge in [-0.3, -0.25) is 0 Å². The number of hydrogen-bond acceptors (Lipinski definition) is 1. The molecule has 0 bridgehead atoms. The third-order valence-corrected chi connectivity index (χ3v) is 10.5. The van der Waals surface area contributed by atoms with Crippen LogP contribution in [0, 0.1) is 0 Å². The van der Waals surface area contributed by atoms with Crippen LogP contribution in [-0.4, -0.2) is 16.2 Å². The second kappa shape index (κ2) is 12.2. The molecule has 0 amide bonds. The van der Waals surface area contributed by atoms with Gasteiger partial charge in [-0.2, -0.15) is 0 Å². The fourth-order valence-electron chi connectivity index (χ4n) is 8.03. The average Bonchev–Trinajstić information content (AvgIpc) is 3.73. The molecule has 2 heterocycles. The summed E-state index contributed by atoms with van der Waals surface area (Å²) in [5.41, 5.74) is 14.2. The standard InChI is InChI=1S/C49H35N3/c1-50(37-15-5-2-6-16-37)45-28-25-34(35-26-29-48-43(32-35)40-21-11-13-23-46(40)51(48)38-17-7-3-8-18-38)31-42(45)36-27-30-49-44(33-36)41-22-12-14-24-47(41)52(49)39-19-9-4-10-20-39/h2-33H,1H3. The highest BCUT2D eigenvalue weighted by Crippen LogP contribution is 2.42. The zero-order valence-electron chi connectivity index (χ0n) is 28.8. The maximum Gasteiger partial charge on any atom is 0.0541 e. The van der Waals surface area contributed by atoms with Gasteiger partial charge >= 0.3 is 0 Å². The number of anilines is 2. The Labute approximate surface area is 302 Å². The lowest BCUT2D eigenvalue weighted by molar-refractivity contribution is 1.18. The molecule has 0 aliphatic heterocycles. The summed E-state index contributed by atoms with van der Waals surface area (Å²) in [6.07, 6.45) is 0. The number of rotatable bonds is 6. The van der Waals surface area contributed by atoms with Crippen molar-refractivity contribution in [3.63, 3.8) is 0 Å². The highest BCUT2D eigenvalue weighted by molar-refractivity contribution is 6.12. The molecule has 0 N–H and O–H groups in total. The van der Waals surface area contributed by atoms with Crippen molar-refractivity contribution in [2.45, 2.75) is 0 Å². The number of fused-ring (bicyclic) bond motifs is 6. The molecule has 0 unspecified atom stereocenters. The molecule has 52 heavy (non-hydrogen) atoms. The van der Waals surface area contributed by atoms with Crippen LogP contribution in [0.2, 0.25) is 0 Å². The molecule has 10 aromatic rings. The van der Waals surface area contributed by atoms with E-state index in [0.717, 1.165) is 17.1 Å². The van der Waals surface area contributed by atoms with Crippen LogP contribution in [0.1, 0.15) is 0 Å². The minimum Gasteiger partial charge on any atom is -0.344 e. The Bertz CT molecular complexity index is 2900. The van der Waals surface area contributed by atoms with E-state index < -0.39 is 0 Å². The van der Waals surface area contributed by atoms with Crippen LogP contribution in [0.5, 0.6) is 0 Å². The van der Waals surface area contributed by atoms with Crippen LogP contribution < -0.4 is 4.90 Å². The monoisotopic (exact) mass is 665 g/mol. The molecule has 2 aromatic heterocycles. The Morgan fingerprint density at radius 1 is 0.346 bits per heavy atom. The van der Waals surface area contributed by atoms with Crippen molar-refractivity contribution in [1.82, 2.24) is 9.13 Å². The van der Waals surface area contributed by atoms with Crippen molar-refractivity contribution in [3.8, 4) is 33.6 Å². The second-order valence-electron chi connectivity index (χ2n) is 13.5. The SMILES string of the molecule is CN(c1ccccc1)c1ccc(-c2ccc3c(c2)c2ccccc2n3-c2ccccc2)cc1-c1ccc2c(c1)c1ccccc1n2-c1ccccc1. The topological polar surface area (TPSA) is 13.1 Å². The summed E-state index contributed by atoms with van der Waals surface area (Å²) in [6, 6.07) is 70.2. The minimum absolute atomic E-state index is 1.15. The molecule has 0 spiro atoms. The summed E-state index contributed by atoms with van der Waals surface area (Å²) >= 11 is 0. The second-order valence-corrected chi connectivity index (χ2v) is 13.5. The highest BCUT2D eigenvalue weighted by atomic mass is 15.1. The molecular formula is C49H35N3. The molecule has 8 aromatic carbocycles.